The van der Waals surface area contributed by atoms with Gasteiger partial charge in [0.05, 0.1) is 12.1 Å². The van der Waals surface area contributed by atoms with E-state index >= 15 is 0 Å². The van der Waals surface area contributed by atoms with Gasteiger partial charge < -0.3 is 10.4 Å². The normalized spacial score (nSPS) is 13.8. The van der Waals surface area contributed by atoms with Crippen LogP contribution in [0.2, 0.25) is 0 Å². The zero-order chi connectivity index (χ0) is 14.4. The number of rotatable bonds is 6. The molecule has 0 saturated carbocycles. The molecule has 2 nitrogen and oxygen atoms in total. The molecule has 2 aromatic rings. The molecule has 0 aliphatic rings. The summed E-state index contributed by atoms with van der Waals surface area (Å²) >= 11 is 0. The first-order valence-corrected chi connectivity index (χ1v) is 7.21. The molecule has 0 radical (unpaired) electrons. The Morgan fingerprint density at radius 1 is 1.00 bits per heavy atom. The highest BCUT2D eigenvalue weighted by Crippen LogP contribution is 2.30. The molecule has 0 spiro atoms. The molecule has 2 aromatic carbocycles. The van der Waals surface area contributed by atoms with Crippen LogP contribution >= 0.6 is 0 Å². The first-order chi connectivity index (χ1) is 9.70. The van der Waals surface area contributed by atoms with Crippen LogP contribution in [0.15, 0.2) is 54.6 Å². The number of aliphatic hydroxyl groups is 1. The van der Waals surface area contributed by atoms with Gasteiger partial charge in [0.1, 0.15) is 0 Å². The maximum absolute atomic E-state index is 10.0. The van der Waals surface area contributed by atoms with Crippen LogP contribution in [0.25, 0.3) is 0 Å². The van der Waals surface area contributed by atoms with Crippen LogP contribution in [-0.2, 0) is 5.54 Å². The Hall–Kier alpha value is -1.80. The van der Waals surface area contributed by atoms with E-state index in [1.807, 2.05) is 18.2 Å². The Kier molecular flexibility index (Phi) is 4.80. The van der Waals surface area contributed by atoms with Gasteiger partial charge in [-0.1, -0.05) is 61.4 Å². The molecular weight excluding hydrogens is 246 g/mol. The first-order valence-electron chi connectivity index (χ1n) is 7.21. The summed E-state index contributed by atoms with van der Waals surface area (Å²) in [5, 5.41) is 13.6. The summed E-state index contributed by atoms with van der Waals surface area (Å²) in [6.07, 6.45) is 1.90. The Bertz CT molecular complexity index is 521. The fourth-order valence-corrected chi connectivity index (χ4v) is 2.59. The highest BCUT2D eigenvalue weighted by molar-refractivity contribution is 5.49. The second-order valence-electron chi connectivity index (χ2n) is 5.35. The SMILES string of the molecule is CCCC(CO)(Nc1ccc(C)cc1)c1ccccc1. The van der Waals surface area contributed by atoms with Crippen LogP contribution in [0.5, 0.6) is 0 Å². The number of anilines is 1. The molecule has 106 valence electrons. The monoisotopic (exact) mass is 269 g/mol. The Balaban J connectivity index is 2.34. The summed E-state index contributed by atoms with van der Waals surface area (Å²) in [6, 6.07) is 18.5. The lowest BCUT2D eigenvalue weighted by molar-refractivity contribution is 0.202. The van der Waals surface area contributed by atoms with Crippen molar-refractivity contribution in [2.24, 2.45) is 0 Å². The van der Waals surface area contributed by atoms with Crippen molar-refractivity contribution in [1.29, 1.82) is 0 Å². The van der Waals surface area contributed by atoms with Crippen molar-refractivity contribution in [3.63, 3.8) is 0 Å². The lowest BCUT2D eigenvalue weighted by Gasteiger charge is -2.34. The van der Waals surface area contributed by atoms with Gasteiger partial charge in [-0.3, -0.25) is 0 Å². The molecule has 2 N–H and O–H groups in total. The van der Waals surface area contributed by atoms with Crippen LogP contribution in [0.1, 0.15) is 30.9 Å². The zero-order valence-corrected chi connectivity index (χ0v) is 12.3. The van der Waals surface area contributed by atoms with Gasteiger partial charge in [-0.05, 0) is 31.0 Å². The van der Waals surface area contributed by atoms with Gasteiger partial charge in [0.2, 0.25) is 0 Å². The largest absolute Gasteiger partial charge is 0.394 e. The fourth-order valence-electron chi connectivity index (χ4n) is 2.59. The predicted octanol–water partition coefficient (Wildman–Crippen LogP) is 4.09. The molecule has 0 bridgehead atoms. The van der Waals surface area contributed by atoms with Gasteiger partial charge in [-0.2, -0.15) is 0 Å². The number of benzene rings is 2. The van der Waals surface area contributed by atoms with Crippen LogP contribution < -0.4 is 5.32 Å². The molecule has 0 heterocycles. The van der Waals surface area contributed by atoms with Gasteiger partial charge in [-0.15, -0.1) is 0 Å². The molecule has 2 rings (SSSR count). The van der Waals surface area contributed by atoms with Gasteiger partial charge in [0.15, 0.2) is 0 Å². The number of hydrogen-bond acceptors (Lipinski definition) is 2. The van der Waals surface area contributed by atoms with Gasteiger partial charge in [-0.25, -0.2) is 0 Å². The van der Waals surface area contributed by atoms with Crippen molar-refractivity contribution in [2.75, 3.05) is 11.9 Å². The Labute approximate surface area is 121 Å². The average Bonchev–Trinajstić information content (AvgIpc) is 2.50. The Morgan fingerprint density at radius 3 is 2.20 bits per heavy atom. The van der Waals surface area contributed by atoms with Crippen molar-refractivity contribution >= 4 is 5.69 Å². The minimum atomic E-state index is -0.411. The van der Waals surface area contributed by atoms with Gasteiger partial charge in [0.25, 0.3) is 0 Å². The molecule has 0 fully saturated rings. The molecule has 0 aliphatic heterocycles. The van der Waals surface area contributed by atoms with E-state index in [2.05, 4.69) is 55.6 Å². The quantitative estimate of drug-likeness (QED) is 0.827. The first kappa shape index (κ1) is 14.6. The van der Waals surface area contributed by atoms with E-state index in [0.717, 1.165) is 24.1 Å². The Morgan fingerprint density at radius 2 is 1.65 bits per heavy atom. The van der Waals surface area contributed by atoms with Crippen LogP contribution in [0.3, 0.4) is 0 Å². The topological polar surface area (TPSA) is 32.3 Å². The third-order valence-corrected chi connectivity index (χ3v) is 3.71. The number of nitrogens with one attached hydrogen (secondary N) is 1. The van der Waals surface area contributed by atoms with Crippen LogP contribution in [0.4, 0.5) is 5.69 Å². The molecule has 1 unspecified atom stereocenters. The molecule has 1 atom stereocenters. The van der Waals surface area contributed by atoms with Crippen molar-refractivity contribution in [3.05, 3.63) is 65.7 Å². The molecule has 20 heavy (non-hydrogen) atoms. The summed E-state index contributed by atoms with van der Waals surface area (Å²) in [7, 11) is 0. The van der Waals surface area contributed by atoms with E-state index in [1.165, 1.54) is 5.56 Å². The highest BCUT2D eigenvalue weighted by Gasteiger charge is 2.30. The van der Waals surface area contributed by atoms with E-state index in [9.17, 15) is 5.11 Å². The van der Waals surface area contributed by atoms with Crippen molar-refractivity contribution in [2.45, 2.75) is 32.2 Å². The second-order valence-corrected chi connectivity index (χ2v) is 5.35. The van der Waals surface area contributed by atoms with E-state index in [4.69, 9.17) is 0 Å². The average molecular weight is 269 g/mol. The molecule has 0 amide bonds. The minimum Gasteiger partial charge on any atom is -0.394 e. The van der Waals surface area contributed by atoms with E-state index in [1.54, 1.807) is 0 Å². The molecule has 0 aromatic heterocycles. The van der Waals surface area contributed by atoms with Gasteiger partial charge in [0, 0.05) is 5.69 Å². The third-order valence-electron chi connectivity index (χ3n) is 3.71. The molecule has 0 aliphatic carbocycles. The van der Waals surface area contributed by atoms with E-state index < -0.39 is 5.54 Å². The second kappa shape index (κ2) is 6.58. The maximum Gasteiger partial charge on any atom is 0.0856 e. The van der Waals surface area contributed by atoms with Gasteiger partial charge >= 0.3 is 0 Å². The summed E-state index contributed by atoms with van der Waals surface area (Å²) < 4.78 is 0. The number of aliphatic hydroxyl groups excluding tert-OH is 1. The van der Waals surface area contributed by atoms with Crippen molar-refractivity contribution in [1.82, 2.24) is 0 Å². The summed E-state index contributed by atoms with van der Waals surface area (Å²) in [6.45, 7) is 4.30. The smallest absolute Gasteiger partial charge is 0.0856 e. The molecular formula is C18H23NO. The maximum atomic E-state index is 10.0. The lowest BCUT2D eigenvalue weighted by atomic mass is 9.86. The van der Waals surface area contributed by atoms with Crippen molar-refractivity contribution in [3.8, 4) is 0 Å². The predicted molar refractivity (Wildman–Crippen MR) is 84.9 cm³/mol. The highest BCUT2D eigenvalue weighted by atomic mass is 16.3. The third kappa shape index (κ3) is 3.20. The van der Waals surface area contributed by atoms with Crippen molar-refractivity contribution < 1.29 is 5.11 Å². The molecule has 0 saturated heterocycles. The van der Waals surface area contributed by atoms with E-state index in [0.29, 0.717) is 0 Å². The fraction of sp³-hybridized carbons (Fsp3) is 0.333. The van der Waals surface area contributed by atoms with Crippen LogP contribution in [0, 0.1) is 6.92 Å². The number of aryl methyl sites for hydroxylation is 1. The molecule has 2 heteroatoms. The summed E-state index contributed by atoms with van der Waals surface area (Å²) in [5.74, 6) is 0. The lowest BCUT2D eigenvalue weighted by Crippen LogP contribution is -2.39. The zero-order valence-electron chi connectivity index (χ0n) is 12.3. The number of hydrogen-bond donors (Lipinski definition) is 2. The standard InChI is InChI=1S/C18H23NO/c1-3-13-18(14-20,16-7-5-4-6-8-16)19-17-11-9-15(2)10-12-17/h4-12,19-20H,3,13-14H2,1-2H3. The van der Waals surface area contributed by atoms with Crippen LogP contribution in [-0.4, -0.2) is 11.7 Å². The summed E-state index contributed by atoms with van der Waals surface area (Å²) in [5.41, 5.74) is 3.00. The minimum absolute atomic E-state index is 0.0821. The van der Waals surface area contributed by atoms with E-state index in [-0.39, 0.29) is 6.61 Å². The summed E-state index contributed by atoms with van der Waals surface area (Å²) in [4.78, 5) is 0.